The van der Waals surface area contributed by atoms with Crippen LogP contribution >= 0.6 is 11.8 Å². The third kappa shape index (κ3) is 3.54. The molecule has 4 aromatic rings. The maximum absolute atomic E-state index is 5.84. The molecule has 0 bridgehead atoms. The summed E-state index contributed by atoms with van der Waals surface area (Å²) >= 11 is 1.65. The molecule has 0 fully saturated rings. The van der Waals surface area contributed by atoms with Gasteiger partial charge in [0.25, 0.3) is 0 Å². The molecule has 0 aliphatic rings. The first-order valence-electron chi connectivity index (χ1n) is 9.51. The highest BCUT2D eigenvalue weighted by Gasteiger charge is 2.18. The lowest BCUT2D eigenvalue weighted by Crippen LogP contribution is -2.01. The summed E-state index contributed by atoms with van der Waals surface area (Å²) < 4.78 is 15.7. The van der Waals surface area contributed by atoms with Gasteiger partial charge in [0.05, 0.1) is 24.2 Å². The zero-order valence-corrected chi connectivity index (χ0v) is 17.1. The zero-order valence-electron chi connectivity index (χ0n) is 16.3. The molecule has 0 aliphatic carbocycles. The van der Waals surface area contributed by atoms with Crippen molar-refractivity contribution in [1.82, 2.24) is 19.2 Å². The van der Waals surface area contributed by atoms with Gasteiger partial charge in [-0.1, -0.05) is 23.9 Å². The van der Waals surface area contributed by atoms with Gasteiger partial charge in [-0.25, -0.2) is 0 Å². The van der Waals surface area contributed by atoms with Crippen molar-refractivity contribution in [2.75, 3.05) is 19.0 Å². The normalized spacial score (nSPS) is 11.6. The molecule has 0 aliphatic heterocycles. The number of aromatic nitrogens is 4. The average molecular weight is 397 g/mol. The van der Waals surface area contributed by atoms with Gasteiger partial charge in [0, 0.05) is 11.8 Å². The molecule has 2 aromatic heterocycles. The minimum absolute atomic E-state index is 0.312. The highest BCUT2D eigenvalue weighted by Crippen LogP contribution is 2.28. The Balaban J connectivity index is 1.46. The van der Waals surface area contributed by atoms with Crippen molar-refractivity contribution in [3.05, 3.63) is 48.5 Å². The fourth-order valence-corrected chi connectivity index (χ4v) is 4.04. The van der Waals surface area contributed by atoms with E-state index in [1.54, 1.807) is 11.8 Å². The lowest BCUT2D eigenvalue weighted by Gasteiger charge is -2.07. The van der Waals surface area contributed by atoms with Crippen LogP contribution in [0.4, 0.5) is 0 Å². The van der Waals surface area contributed by atoms with E-state index in [0.717, 1.165) is 33.7 Å². The summed E-state index contributed by atoms with van der Waals surface area (Å²) in [4.78, 5) is 0. The Labute approximate surface area is 168 Å². The summed E-state index contributed by atoms with van der Waals surface area (Å²) in [5.74, 6) is 3.37. The number of thioether (sulfide) groups is 1. The fourth-order valence-electron chi connectivity index (χ4n) is 3.29. The Hall–Kier alpha value is -2.67. The number of benzene rings is 2. The van der Waals surface area contributed by atoms with Crippen LogP contribution in [0.1, 0.15) is 26.8 Å². The molecule has 2 aromatic carbocycles. The lowest BCUT2D eigenvalue weighted by atomic mass is 10.3. The number of hydrogen-bond acceptors (Lipinski definition) is 5. The van der Waals surface area contributed by atoms with Crippen molar-refractivity contribution in [2.24, 2.45) is 0 Å². The van der Waals surface area contributed by atoms with Crippen LogP contribution in [-0.2, 0) is 0 Å². The fraction of sp³-hybridized carbons (Fsp3) is 0.333. The second kappa shape index (κ2) is 8.14. The Morgan fingerprint density at radius 1 is 0.929 bits per heavy atom. The third-order valence-electron chi connectivity index (χ3n) is 4.45. The molecular weight excluding hydrogens is 372 g/mol. The van der Waals surface area contributed by atoms with E-state index in [0.29, 0.717) is 19.3 Å². The first kappa shape index (κ1) is 18.7. The first-order chi connectivity index (χ1) is 13.7. The van der Waals surface area contributed by atoms with E-state index in [1.165, 1.54) is 5.52 Å². The number of hydrogen-bond donors (Lipinski definition) is 0. The smallest absolute Gasteiger partial charge is 0.237 e. The number of imidazole rings is 1. The summed E-state index contributed by atoms with van der Waals surface area (Å²) in [6, 6.07) is 16.4. The molecule has 146 valence electrons. The van der Waals surface area contributed by atoms with Crippen LogP contribution in [-0.4, -0.2) is 38.1 Å². The SMILES string of the molecule is CCOc1ccc(OCCSc2nnc3n(C(C)C)c4ccccc4n23)cc1. The molecule has 2 heterocycles. The van der Waals surface area contributed by atoms with Crippen LogP contribution in [0.25, 0.3) is 16.8 Å². The standard InChI is InChI=1S/C21H24N4O2S/c1-4-26-16-9-11-17(12-10-16)27-13-14-28-21-23-22-20-24(15(2)3)18-7-5-6-8-19(18)25(20)21/h5-12,15H,4,13-14H2,1-3H3. The monoisotopic (exact) mass is 396 g/mol. The van der Waals surface area contributed by atoms with Gasteiger partial charge in [-0.2, -0.15) is 0 Å². The molecule has 28 heavy (non-hydrogen) atoms. The van der Waals surface area contributed by atoms with Crippen LogP contribution in [0.15, 0.2) is 53.7 Å². The van der Waals surface area contributed by atoms with Crippen molar-refractivity contribution in [3.8, 4) is 11.5 Å². The second-order valence-electron chi connectivity index (χ2n) is 6.67. The number of rotatable bonds is 8. The number of fused-ring (bicyclic) bond motifs is 3. The molecule has 0 saturated carbocycles. The van der Waals surface area contributed by atoms with Gasteiger partial charge in [-0.3, -0.25) is 4.40 Å². The van der Waals surface area contributed by atoms with Gasteiger partial charge < -0.3 is 14.0 Å². The van der Waals surface area contributed by atoms with Gasteiger partial charge in [0.15, 0.2) is 5.16 Å². The van der Waals surface area contributed by atoms with Crippen LogP contribution in [0, 0.1) is 0 Å². The summed E-state index contributed by atoms with van der Waals surface area (Å²) in [7, 11) is 0. The van der Waals surface area contributed by atoms with E-state index < -0.39 is 0 Å². The van der Waals surface area contributed by atoms with Gasteiger partial charge in [0.1, 0.15) is 11.5 Å². The average Bonchev–Trinajstić information content (AvgIpc) is 3.24. The van der Waals surface area contributed by atoms with Crippen LogP contribution in [0.2, 0.25) is 0 Å². The molecule has 6 nitrogen and oxygen atoms in total. The molecule has 0 radical (unpaired) electrons. The maximum Gasteiger partial charge on any atom is 0.237 e. The molecular formula is C21H24N4O2S. The summed E-state index contributed by atoms with van der Waals surface area (Å²) in [5, 5.41) is 9.74. The minimum Gasteiger partial charge on any atom is -0.494 e. The molecule has 0 saturated heterocycles. The van der Waals surface area contributed by atoms with E-state index in [2.05, 4.69) is 57.3 Å². The number of ether oxygens (including phenoxy) is 2. The lowest BCUT2D eigenvalue weighted by molar-refractivity contribution is 0.332. The summed E-state index contributed by atoms with van der Waals surface area (Å²) in [6.45, 7) is 7.56. The quantitative estimate of drug-likeness (QED) is 0.315. The van der Waals surface area contributed by atoms with E-state index in [1.807, 2.05) is 31.2 Å². The molecule has 0 unspecified atom stereocenters. The van der Waals surface area contributed by atoms with Gasteiger partial charge in [-0.15, -0.1) is 10.2 Å². The van der Waals surface area contributed by atoms with Gasteiger partial charge in [-0.05, 0) is 57.2 Å². The topological polar surface area (TPSA) is 53.6 Å². The van der Waals surface area contributed by atoms with Crippen LogP contribution < -0.4 is 9.47 Å². The Bertz CT molecular complexity index is 1070. The Kier molecular flexibility index (Phi) is 5.43. The predicted octanol–water partition coefficient (Wildman–Crippen LogP) is 4.83. The second-order valence-corrected chi connectivity index (χ2v) is 7.73. The van der Waals surface area contributed by atoms with Crippen molar-refractivity contribution in [1.29, 1.82) is 0 Å². The predicted molar refractivity (Wildman–Crippen MR) is 113 cm³/mol. The van der Waals surface area contributed by atoms with E-state index in [-0.39, 0.29) is 0 Å². The van der Waals surface area contributed by atoms with Crippen LogP contribution in [0.5, 0.6) is 11.5 Å². The highest BCUT2D eigenvalue weighted by atomic mass is 32.2. The molecule has 0 atom stereocenters. The van der Waals surface area contributed by atoms with Crippen molar-refractivity contribution in [2.45, 2.75) is 32.0 Å². The van der Waals surface area contributed by atoms with Gasteiger partial charge in [0.2, 0.25) is 5.78 Å². The van der Waals surface area contributed by atoms with Crippen molar-refractivity contribution >= 4 is 28.6 Å². The molecule has 4 rings (SSSR count). The zero-order chi connectivity index (χ0) is 19.5. The first-order valence-corrected chi connectivity index (χ1v) is 10.5. The molecule has 7 heteroatoms. The maximum atomic E-state index is 5.84. The minimum atomic E-state index is 0.312. The van der Waals surface area contributed by atoms with Crippen LogP contribution in [0.3, 0.4) is 0 Å². The third-order valence-corrected chi connectivity index (χ3v) is 5.34. The molecule has 0 amide bonds. The van der Waals surface area contributed by atoms with Gasteiger partial charge >= 0.3 is 0 Å². The van der Waals surface area contributed by atoms with E-state index in [9.17, 15) is 0 Å². The summed E-state index contributed by atoms with van der Waals surface area (Å²) in [6.07, 6.45) is 0. The molecule has 0 spiro atoms. The highest BCUT2D eigenvalue weighted by molar-refractivity contribution is 7.99. The Morgan fingerprint density at radius 2 is 1.61 bits per heavy atom. The van der Waals surface area contributed by atoms with Crippen molar-refractivity contribution in [3.63, 3.8) is 0 Å². The molecule has 0 N–H and O–H groups in total. The van der Waals surface area contributed by atoms with E-state index in [4.69, 9.17) is 9.47 Å². The number of para-hydroxylation sites is 2. The Morgan fingerprint density at radius 3 is 2.29 bits per heavy atom. The van der Waals surface area contributed by atoms with E-state index >= 15 is 0 Å². The van der Waals surface area contributed by atoms with Crippen molar-refractivity contribution < 1.29 is 9.47 Å². The summed E-state index contributed by atoms with van der Waals surface area (Å²) in [5.41, 5.74) is 2.31. The largest absolute Gasteiger partial charge is 0.494 e. The number of nitrogens with zero attached hydrogens (tertiary/aromatic N) is 4.